The van der Waals surface area contributed by atoms with E-state index in [1.165, 1.54) is 5.56 Å². The summed E-state index contributed by atoms with van der Waals surface area (Å²) in [7, 11) is 0. The van der Waals surface area contributed by atoms with Crippen LogP contribution in [0.3, 0.4) is 0 Å². The lowest BCUT2D eigenvalue weighted by Crippen LogP contribution is -2.31. The van der Waals surface area contributed by atoms with Crippen LogP contribution in [0.1, 0.15) is 63.6 Å². The Morgan fingerprint density at radius 1 is 1.17 bits per heavy atom. The molecule has 0 bridgehead atoms. The second-order valence-corrected chi connectivity index (χ2v) is 9.53. The number of carbonyl (C=O) groups is 1. The van der Waals surface area contributed by atoms with E-state index in [1.807, 2.05) is 25.1 Å². The number of hydrogen-bond acceptors (Lipinski definition) is 2. The van der Waals surface area contributed by atoms with Gasteiger partial charge in [-0.1, -0.05) is 58.9 Å². The van der Waals surface area contributed by atoms with Crippen molar-refractivity contribution in [3.8, 4) is 5.75 Å². The van der Waals surface area contributed by atoms with Gasteiger partial charge in [-0.2, -0.15) is 0 Å². The van der Waals surface area contributed by atoms with Gasteiger partial charge < -0.3 is 15.4 Å². The van der Waals surface area contributed by atoms with Gasteiger partial charge in [0.2, 0.25) is 0 Å². The number of rotatable bonds is 7. The Balaban J connectivity index is 1.80. The summed E-state index contributed by atoms with van der Waals surface area (Å²) < 4.78 is 6.81. The van der Waals surface area contributed by atoms with Crippen molar-refractivity contribution in [3.63, 3.8) is 0 Å². The van der Waals surface area contributed by atoms with Crippen LogP contribution in [0.5, 0.6) is 5.75 Å². The predicted molar refractivity (Wildman–Crippen MR) is 125 cm³/mol. The lowest BCUT2D eigenvalue weighted by Gasteiger charge is -2.20. The average Bonchev–Trinajstić information content (AvgIpc) is 2.63. The van der Waals surface area contributed by atoms with Crippen molar-refractivity contribution in [3.05, 3.63) is 57.6 Å². The molecular formula is C24H33BrN2O2. The first-order valence-corrected chi connectivity index (χ1v) is 11.0. The fourth-order valence-electron chi connectivity index (χ4n) is 3.04. The molecule has 0 aliphatic rings. The van der Waals surface area contributed by atoms with Crippen LogP contribution in [0, 0.1) is 6.92 Å². The van der Waals surface area contributed by atoms with Crippen molar-refractivity contribution < 1.29 is 9.53 Å². The Morgan fingerprint density at radius 2 is 1.90 bits per heavy atom. The zero-order valence-corrected chi connectivity index (χ0v) is 19.9. The molecule has 0 saturated heterocycles. The number of aryl methyl sites for hydroxylation is 1. The van der Waals surface area contributed by atoms with E-state index >= 15 is 0 Å². The van der Waals surface area contributed by atoms with Crippen LogP contribution < -0.4 is 15.4 Å². The van der Waals surface area contributed by atoms with Crippen LogP contribution in [-0.2, 0) is 5.41 Å². The molecule has 0 fully saturated rings. The molecule has 0 aromatic heterocycles. The fraction of sp³-hybridized carbons (Fsp3) is 0.458. The molecule has 0 radical (unpaired) electrons. The second kappa shape index (κ2) is 10.1. The third-order valence-electron chi connectivity index (χ3n) is 4.83. The molecule has 0 unspecified atom stereocenters. The molecule has 0 aliphatic heterocycles. The van der Waals surface area contributed by atoms with Crippen LogP contribution in [0.15, 0.2) is 40.9 Å². The Labute approximate surface area is 183 Å². The van der Waals surface area contributed by atoms with Crippen molar-refractivity contribution in [1.82, 2.24) is 5.32 Å². The highest BCUT2D eigenvalue weighted by atomic mass is 79.9. The van der Waals surface area contributed by atoms with Crippen molar-refractivity contribution in [2.75, 3.05) is 18.5 Å². The maximum atomic E-state index is 12.3. The third kappa shape index (κ3) is 6.77. The van der Waals surface area contributed by atoms with Crippen LogP contribution in [0.25, 0.3) is 0 Å². The van der Waals surface area contributed by atoms with Gasteiger partial charge in [0.15, 0.2) is 0 Å². The summed E-state index contributed by atoms with van der Waals surface area (Å²) in [6.45, 7) is 13.9. The van der Waals surface area contributed by atoms with Crippen LogP contribution in [-0.4, -0.2) is 19.2 Å². The van der Waals surface area contributed by atoms with Gasteiger partial charge in [-0.15, -0.1) is 0 Å². The van der Waals surface area contributed by atoms with E-state index in [4.69, 9.17) is 4.74 Å². The van der Waals surface area contributed by atoms with Crippen molar-refractivity contribution >= 4 is 27.6 Å². The highest BCUT2D eigenvalue weighted by Crippen LogP contribution is 2.31. The van der Waals surface area contributed by atoms with E-state index in [-0.39, 0.29) is 11.4 Å². The second-order valence-electron chi connectivity index (χ2n) is 8.67. The SMILES string of the molecule is Cc1cccc(C(C)C)c1NC(=O)NCCCOc1ccc(C(C)(C)C)cc1Br. The third-order valence-corrected chi connectivity index (χ3v) is 5.45. The first-order chi connectivity index (χ1) is 13.6. The number of ether oxygens (including phenoxy) is 1. The summed E-state index contributed by atoms with van der Waals surface area (Å²) in [4.78, 5) is 12.3. The zero-order valence-electron chi connectivity index (χ0n) is 18.4. The van der Waals surface area contributed by atoms with Crippen molar-refractivity contribution in [1.29, 1.82) is 0 Å². The molecule has 0 spiro atoms. The quantitative estimate of drug-likeness (QED) is 0.447. The van der Waals surface area contributed by atoms with Crippen molar-refractivity contribution in [2.45, 2.75) is 59.3 Å². The molecule has 2 amide bonds. The largest absolute Gasteiger partial charge is 0.492 e. The van der Waals surface area contributed by atoms with Crippen LogP contribution in [0.4, 0.5) is 10.5 Å². The topological polar surface area (TPSA) is 50.4 Å². The van der Waals surface area contributed by atoms with Gasteiger partial charge in [-0.3, -0.25) is 0 Å². The van der Waals surface area contributed by atoms with Crippen LogP contribution >= 0.6 is 15.9 Å². The number of para-hydroxylation sites is 1. The minimum atomic E-state index is -0.183. The first kappa shape index (κ1) is 23.3. The molecule has 2 N–H and O–H groups in total. The molecule has 0 atom stereocenters. The van der Waals surface area contributed by atoms with Crippen LogP contribution in [0.2, 0.25) is 0 Å². The zero-order chi connectivity index (χ0) is 21.6. The average molecular weight is 461 g/mol. The molecule has 29 heavy (non-hydrogen) atoms. The molecule has 2 aromatic rings. The lowest BCUT2D eigenvalue weighted by molar-refractivity contribution is 0.250. The summed E-state index contributed by atoms with van der Waals surface area (Å²) in [6, 6.07) is 12.1. The van der Waals surface area contributed by atoms with Gasteiger partial charge in [0.25, 0.3) is 0 Å². The van der Waals surface area contributed by atoms with Crippen molar-refractivity contribution in [2.24, 2.45) is 0 Å². The Morgan fingerprint density at radius 3 is 2.52 bits per heavy atom. The number of halogens is 1. The van der Waals surface area contributed by atoms with E-state index in [2.05, 4.69) is 79.4 Å². The van der Waals surface area contributed by atoms with E-state index in [0.29, 0.717) is 19.1 Å². The minimum Gasteiger partial charge on any atom is -0.492 e. The first-order valence-electron chi connectivity index (χ1n) is 10.2. The maximum Gasteiger partial charge on any atom is 0.319 e. The summed E-state index contributed by atoms with van der Waals surface area (Å²) in [5.41, 5.74) is 4.47. The number of anilines is 1. The Kier molecular flexibility index (Phi) is 8.14. The standard InChI is InChI=1S/C24H33BrN2O2/c1-16(2)19-10-7-9-17(3)22(19)27-23(28)26-13-8-14-29-21-12-11-18(15-20(21)25)24(4,5)6/h7,9-12,15-16H,8,13-14H2,1-6H3,(H2,26,27,28). The monoisotopic (exact) mass is 460 g/mol. The van der Waals surface area contributed by atoms with E-state index < -0.39 is 0 Å². The summed E-state index contributed by atoms with van der Waals surface area (Å²) in [5, 5.41) is 5.91. The van der Waals surface area contributed by atoms with Gasteiger partial charge >= 0.3 is 6.03 Å². The summed E-state index contributed by atoms with van der Waals surface area (Å²) >= 11 is 3.59. The van der Waals surface area contributed by atoms with Gasteiger partial charge in [-0.05, 0) is 69.4 Å². The number of urea groups is 1. The highest BCUT2D eigenvalue weighted by Gasteiger charge is 2.15. The Hall–Kier alpha value is -2.01. The summed E-state index contributed by atoms with van der Waals surface area (Å²) in [6.07, 6.45) is 0.728. The molecule has 0 saturated carbocycles. The number of benzene rings is 2. The number of nitrogens with one attached hydrogen (secondary N) is 2. The molecule has 2 rings (SSSR count). The molecular weight excluding hydrogens is 428 g/mol. The number of carbonyl (C=O) groups excluding carboxylic acids is 1. The normalized spacial score (nSPS) is 11.4. The molecule has 2 aromatic carbocycles. The van der Waals surface area contributed by atoms with E-state index in [0.717, 1.165) is 33.5 Å². The molecule has 4 nitrogen and oxygen atoms in total. The lowest BCUT2D eigenvalue weighted by atomic mass is 9.87. The Bertz CT molecular complexity index is 841. The molecule has 158 valence electrons. The smallest absolute Gasteiger partial charge is 0.319 e. The maximum absolute atomic E-state index is 12.3. The molecule has 5 heteroatoms. The van der Waals surface area contributed by atoms with E-state index in [9.17, 15) is 4.79 Å². The van der Waals surface area contributed by atoms with Gasteiger partial charge in [0.05, 0.1) is 11.1 Å². The molecule has 0 heterocycles. The van der Waals surface area contributed by atoms with E-state index in [1.54, 1.807) is 0 Å². The number of amides is 2. The predicted octanol–water partition coefficient (Wildman–Crippen LogP) is 6.77. The fourth-order valence-corrected chi connectivity index (χ4v) is 3.53. The summed E-state index contributed by atoms with van der Waals surface area (Å²) in [5.74, 6) is 1.17. The highest BCUT2D eigenvalue weighted by molar-refractivity contribution is 9.10. The number of hydrogen-bond donors (Lipinski definition) is 2. The van der Waals surface area contributed by atoms with Gasteiger partial charge in [-0.25, -0.2) is 4.79 Å². The van der Waals surface area contributed by atoms with Gasteiger partial charge in [0.1, 0.15) is 5.75 Å². The molecule has 0 aliphatic carbocycles. The minimum absolute atomic E-state index is 0.102. The van der Waals surface area contributed by atoms with Gasteiger partial charge in [0, 0.05) is 12.2 Å².